The number of hydrogen-bond donors (Lipinski definition) is 2. The molecule has 0 amide bonds. The maximum atomic E-state index is 14.5. The summed E-state index contributed by atoms with van der Waals surface area (Å²) in [5.74, 6) is 2.66. The summed E-state index contributed by atoms with van der Waals surface area (Å²) >= 11 is 0. The maximum Gasteiger partial charge on any atom is 0.130 e. The van der Waals surface area contributed by atoms with E-state index in [9.17, 15) is 19.0 Å². The molecular weight excluding hydrogens is 735 g/mol. The number of rotatable bonds is 10. The second kappa shape index (κ2) is 16.5. The largest absolute Gasteiger partial charge is 0.497 e. The van der Waals surface area contributed by atoms with Crippen molar-refractivity contribution in [2.45, 2.75) is 113 Å². The second-order valence-corrected chi connectivity index (χ2v) is 17.2. The predicted octanol–water partition coefficient (Wildman–Crippen LogP) is 10.7. The molecule has 6 aromatic rings. The van der Waals surface area contributed by atoms with Gasteiger partial charge in [0, 0.05) is 12.1 Å². The van der Waals surface area contributed by atoms with E-state index in [-0.39, 0.29) is 35.3 Å². The van der Waals surface area contributed by atoms with E-state index in [0.29, 0.717) is 23.3 Å². The third kappa shape index (κ3) is 7.73. The SMILES string of the molecule is COc1ccc(C2CCC([C@@H](O)c3c(C4CC4)ccc4cncn34)CC2)c(F)c1.COc1ccc(C2CCC([C@H](O)c3c(C4CC4)ccc4cncn34)CC2)c(F)c1. The van der Waals surface area contributed by atoms with Crippen LogP contribution in [0, 0.1) is 23.5 Å². The third-order valence-corrected chi connectivity index (χ3v) is 13.6. The Hall–Kier alpha value is -4.80. The fraction of sp³-hybridized carbons (Fsp3) is 0.458. The van der Waals surface area contributed by atoms with E-state index >= 15 is 0 Å². The van der Waals surface area contributed by atoms with Crippen molar-refractivity contribution in [3.8, 4) is 11.5 Å². The van der Waals surface area contributed by atoms with Crippen LogP contribution >= 0.6 is 0 Å². The lowest BCUT2D eigenvalue weighted by Crippen LogP contribution is -2.22. The molecule has 304 valence electrons. The van der Waals surface area contributed by atoms with Gasteiger partial charge in [0.05, 0.1) is 73.9 Å². The molecule has 4 aliphatic rings. The number of hydrogen-bond acceptors (Lipinski definition) is 6. The molecule has 0 radical (unpaired) electrons. The van der Waals surface area contributed by atoms with Crippen molar-refractivity contribution >= 4 is 11.0 Å². The van der Waals surface area contributed by atoms with Crippen molar-refractivity contribution in [3.63, 3.8) is 0 Å². The van der Waals surface area contributed by atoms with Gasteiger partial charge in [-0.25, -0.2) is 18.7 Å². The minimum atomic E-state index is -0.509. The molecule has 2 aromatic carbocycles. The number of halogens is 2. The van der Waals surface area contributed by atoms with E-state index in [0.717, 1.165) is 84.9 Å². The molecule has 4 aromatic heterocycles. The van der Waals surface area contributed by atoms with Gasteiger partial charge in [-0.3, -0.25) is 0 Å². The van der Waals surface area contributed by atoms with Crippen LogP contribution in [0.3, 0.4) is 0 Å². The summed E-state index contributed by atoms with van der Waals surface area (Å²) < 4.78 is 43.3. The van der Waals surface area contributed by atoms with Gasteiger partial charge in [0.1, 0.15) is 23.1 Å². The van der Waals surface area contributed by atoms with Crippen molar-refractivity contribution in [1.29, 1.82) is 0 Å². The molecule has 10 heteroatoms. The number of imidazole rings is 2. The quantitative estimate of drug-likeness (QED) is 0.144. The number of methoxy groups -OCH3 is 2. The third-order valence-electron chi connectivity index (χ3n) is 13.6. The summed E-state index contributed by atoms with van der Waals surface area (Å²) in [4.78, 5) is 8.57. The van der Waals surface area contributed by atoms with E-state index in [4.69, 9.17) is 9.47 Å². The molecule has 58 heavy (non-hydrogen) atoms. The number of pyridine rings is 2. The molecule has 0 unspecified atom stereocenters. The molecule has 4 heterocycles. The summed E-state index contributed by atoms with van der Waals surface area (Å²) in [5.41, 5.74) is 8.17. The smallest absolute Gasteiger partial charge is 0.130 e. The summed E-state index contributed by atoms with van der Waals surface area (Å²) in [5, 5.41) is 22.7. The Bertz CT molecular complexity index is 2200. The predicted molar refractivity (Wildman–Crippen MR) is 220 cm³/mol. The lowest BCUT2D eigenvalue weighted by atomic mass is 9.75. The highest BCUT2D eigenvalue weighted by Crippen LogP contribution is 2.49. The molecule has 4 aliphatic carbocycles. The number of nitrogens with zero attached hydrogens (tertiary/aromatic N) is 4. The number of aromatic nitrogens is 4. The highest BCUT2D eigenvalue weighted by molar-refractivity contribution is 5.51. The highest BCUT2D eigenvalue weighted by atomic mass is 19.1. The highest BCUT2D eigenvalue weighted by Gasteiger charge is 2.37. The van der Waals surface area contributed by atoms with Gasteiger partial charge < -0.3 is 28.5 Å². The fourth-order valence-electron chi connectivity index (χ4n) is 10.0. The lowest BCUT2D eigenvalue weighted by Gasteiger charge is -2.33. The van der Waals surface area contributed by atoms with Crippen molar-refractivity contribution in [2.24, 2.45) is 11.8 Å². The Morgan fingerprint density at radius 3 is 1.21 bits per heavy atom. The minimum Gasteiger partial charge on any atom is -0.497 e. The number of ether oxygens (including phenoxy) is 2. The summed E-state index contributed by atoms with van der Waals surface area (Å²) in [7, 11) is 3.11. The van der Waals surface area contributed by atoms with Crippen molar-refractivity contribution < 1.29 is 28.5 Å². The standard InChI is InChI=1S/2C24H27FN2O2/c2*1-29-19-9-11-20(22(25)12-19)15-4-6-17(7-5-15)24(28)23-21(16-2-3-16)10-8-18-13-26-14-27(18)23/h2*8-17,24,28H,2-7H2,1H3/t2*15?,17?,24-/m10/s1. The molecular formula is C48H54F2N4O4. The first kappa shape index (κ1) is 38.7. The van der Waals surface area contributed by atoms with Crippen molar-refractivity contribution in [2.75, 3.05) is 14.2 Å². The van der Waals surface area contributed by atoms with E-state index in [2.05, 4.69) is 43.0 Å². The van der Waals surface area contributed by atoms with Crippen LogP contribution in [0.5, 0.6) is 11.5 Å². The van der Waals surface area contributed by atoms with Crippen molar-refractivity contribution in [3.05, 3.63) is 131 Å². The van der Waals surface area contributed by atoms with Gasteiger partial charge in [0.2, 0.25) is 0 Å². The van der Waals surface area contributed by atoms with Gasteiger partial charge in [-0.1, -0.05) is 24.3 Å². The fourth-order valence-corrected chi connectivity index (χ4v) is 10.0. The lowest BCUT2D eigenvalue weighted by molar-refractivity contribution is 0.0750. The first-order valence-corrected chi connectivity index (χ1v) is 21.2. The van der Waals surface area contributed by atoms with Crippen LogP contribution in [-0.4, -0.2) is 43.2 Å². The zero-order valence-corrected chi connectivity index (χ0v) is 33.4. The summed E-state index contributed by atoms with van der Waals surface area (Å²) in [6, 6.07) is 18.9. The van der Waals surface area contributed by atoms with Crippen LogP contribution in [-0.2, 0) is 0 Å². The second-order valence-electron chi connectivity index (χ2n) is 17.2. The molecule has 8 nitrogen and oxygen atoms in total. The van der Waals surface area contributed by atoms with Crippen molar-refractivity contribution in [1.82, 2.24) is 18.8 Å². The van der Waals surface area contributed by atoms with Gasteiger partial charge in [-0.05, 0) is 159 Å². The Balaban J connectivity index is 0.000000150. The topological polar surface area (TPSA) is 93.5 Å². The van der Waals surface area contributed by atoms with Gasteiger partial charge in [0.25, 0.3) is 0 Å². The zero-order chi connectivity index (χ0) is 39.9. The van der Waals surface area contributed by atoms with E-state index < -0.39 is 12.2 Å². The molecule has 0 aliphatic heterocycles. The molecule has 4 fully saturated rings. The Labute approximate surface area is 338 Å². The van der Waals surface area contributed by atoms with E-state index in [1.54, 1.807) is 14.2 Å². The van der Waals surface area contributed by atoms with Crippen LogP contribution in [0.15, 0.2) is 85.7 Å². The zero-order valence-electron chi connectivity index (χ0n) is 33.4. The number of benzene rings is 2. The summed E-state index contributed by atoms with van der Waals surface area (Å²) in [6.45, 7) is 0. The van der Waals surface area contributed by atoms with Crippen LogP contribution in [0.4, 0.5) is 8.78 Å². The van der Waals surface area contributed by atoms with Crippen LogP contribution in [0.25, 0.3) is 11.0 Å². The molecule has 0 bridgehead atoms. The normalized spacial score (nSPS) is 23.3. The first-order valence-electron chi connectivity index (χ1n) is 21.2. The molecule has 2 N–H and O–H groups in total. The number of fused-ring (bicyclic) bond motifs is 2. The molecule has 2 atom stereocenters. The van der Waals surface area contributed by atoms with Crippen LogP contribution in [0.1, 0.15) is 147 Å². The van der Waals surface area contributed by atoms with Gasteiger partial charge in [0.15, 0.2) is 0 Å². The average molecular weight is 789 g/mol. The maximum absolute atomic E-state index is 14.5. The van der Waals surface area contributed by atoms with E-state index in [1.807, 2.05) is 49.3 Å². The van der Waals surface area contributed by atoms with Crippen LogP contribution < -0.4 is 9.47 Å². The molecule has 10 rings (SSSR count). The van der Waals surface area contributed by atoms with Gasteiger partial charge in [-0.15, -0.1) is 0 Å². The molecule has 0 spiro atoms. The van der Waals surface area contributed by atoms with Gasteiger partial charge >= 0.3 is 0 Å². The molecule has 0 saturated heterocycles. The van der Waals surface area contributed by atoms with Gasteiger partial charge in [-0.2, -0.15) is 0 Å². The minimum absolute atomic E-state index is 0.187. The average Bonchev–Trinajstić information content (AvgIpc) is 4.19. The molecule has 4 saturated carbocycles. The number of aliphatic hydroxyl groups is 2. The monoisotopic (exact) mass is 788 g/mol. The number of aliphatic hydroxyl groups excluding tert-OH is 2. The summed E-state index contributed by atoms with van der Waals surface area (Å²) in [6.07, 6.45) is 18.2. The Morgan fingerprint density at radius 2 is 0.862 bits per heavy atom. The Morgan fingerprint density at radius 1 is 0.517 bits per heavy atom. The van der Waals surface area contributed by atoms with Crippen LogP contribution in [0.2, 0.25) is 0 Å². The first-order chi connectivity index (χ1) is 28.3. The van der Waals surface area contributed by atoms with E-state index in [1.165, 1.54) is 48.9 Å². The Kier molecular flexibility index (Phi) is 11.0.